The molecule has 7 heteroatoms. The van der Waals surface area contributed by atoms with Crippen molar-refractivity contribution >= 4 is 24.4 Å². The molecule has 2 saturated heterocycles. The number of ether oxygens (including phenoxy) is 1. The zero-order valence-electron chi connectivity index (χ0n) is 16.7. The SMILES string of the molecule is COC(=O)C1CCCN(c2cc(C)c(B3OC(C)(C)C(C)(C)O3)cn2)C1. The summed E-state index contributed by atoms with van der Waals surface area (Å²) in [6, 6.07) is 2.06. The molecule has 0 amide bonds. The summed E-state index contributed by atoms with van der Waals surface area (Å²) >= 11 is 0. The zero-order chi connectivity index (χ0) is 19.1. The van der Waals surface area contributed by atoms with Crippen LogP contribution in [-0.2, 0) is 18.8 Å². The van der Waals surface area contributed by atoms with Crippen LogP contribution in [0.5, 0.6) is 0 Å². The second-order valence-corrected chi connectivity index (χ2v) is 8.30. The van der Waals surface area contributed by atoms with Gasteiger partial charge in [-0.25, -0.2) is 4.98 Å². The smallest absolute Gasteiger partial charge is 0.469 e. The van der Waals surface area contributed by atoms with Gasteiger partial charge in [-0.2, -0.15) is 0 Å². The van der Waals surface area contributed by atoms with E-state index in [0.29, 0.717) is 6.54 Å². The summed E-state index contributed by atoms with van der Waals surface area (Å²) < 4.78 is 17.2. The number of hydrogen-bond acceptors (Lipinski definition) is 6. The standard InChI is InChI=1S/C19H29BN2O4/c1-13-10-16(22-9-7-8-14(12-22)17(23)24-6)21-11-15(13)20-25-18(2,3)19(4,5)26-20/h10-11,14H,7-9,12H2,1-6H3. The molecule has 0 saturated carbocycles. The van der Waals surface area contributed by atoms with Crippen LogP contribution >= 0.6 is 0 Å². The van der Waals surface area contributed by atoms with Crippen LogP contribution in [0.2, 0.25) is 0 Å². The van der Waals surface area contributed by atoms with Crippen LogP contribution in [0, 0.1) is 12.8 Å². The van der Waals surface area contributed by atoms with Crippen molar-refractivity contribution < 1.29 is 18.8 Å². The number of aromatic nitrogens is 1. The van der Waals surface area contributed by atoms with E-state index in [4.69, 9.17) is 14.0 Å². The largest absolute Gasteiger partial charge is 0.496 e. The normalized spacial score (nSPS) is 24.6. The van der Waals surface area contributed by atoms with Gasteiger partial charge in [0.15, 0.2) is 0 Å². The molecule has 3 rings (SSSR count). The van der Waals surface area contributed by atoms with Gasteiger partial charge in [-0.05, 0) is 59.1 Å². The van der Waals surface area contributed by atoms with E-state index in [0.717, 1.165) is 36.2 Å². The fourth-order valence-electron chi connectivity index (χ4n) is 3.49. The Labute approximate surface area is 156 Å². The molecule has 26 heavy (non-hydrogen) atoms. The van der Waals surface area contributed by atoms with Gasteiger partial charge in [-0.3, -0.25) is 4.79 Å². The molecular formula is C19H29BN2O4. The Morgan fingerprint density at radius 1 is 1.31 bits per heavy atom. The van der Waals surface area contributed by atoms with Gasteiger partial charge in [0.1, 0.15) is 5.82 Å². The minimum Gasteiger partial charge on any atom is -0.469 e. The Balaban J connectivity index is 1.77. The number of methoxy groups -OCH3 is 1. The van der Waals surface area contributed by atoms with Gasteiger partial charge in [0.2, 0.25) is 0 Å². The van der Waals surface area contributed by atoms with E-state index in [2.05, 4.69) is 16.0 Å². The van der Waals surface area contributed by atoms with E-state index in [9.17, 15) is 4.79 Å². The average Bonchev–Trinajstić information content (AvgIpc) is 2.81. The summed E-state index contributed by atoms with van der Waals surface area (Å²) in [5, 5.41) is 0. The molecule has 2 aliphatic heterocycles. The minimum absolute atomic E-state index is 0.0846. The number of piperidine rings is 1. The highest BCUT2D eigenvalue weighted by Gasteiger charge is 2.52. The van der Waals surface area contributed by atoms with Crippen LogP contribution in [0.25, 0.3) is 0 Å². The molecule has 2 aliphatic rings. The molecule has 0 radical (unpaired) electrons. The topological polar surface area (TPSA) is 60.9 Å². The van der Waals surface area contributed by atoms with Crippen molar-refractivity contribution in [2.24, 2.45) is 5.92 Å². The van der Waals surface area contributed by atoms with E-state index in [1.54, 1.807) is 0 Å². The first-order chi connectivity index (χ1) is 12.1. The molecule has 0 bridgehead atoms. The number of aryl methyl sites for hydroxylation is 1. The van der Waals surface area contributed by atoms with Gasteiger partial charge in [0.25, 0.3) is 0 Å². The number of carbonyl (C=O) groups is 1. The zero-order valence-corrected chi connectivity index (χ0v) is 16.7. The van der Waals surface area contributed by atoms with E-state index in [1.807, 2.05) is 40.8 Å². The number of esters is 1. The Hall–Kier alpha value is -1.60. The maximum atomic E-state index is 11.9. The Bertz CT molecular complexity index is 676. The molecule has 1 aromatic heterocycles. The quantitative estimate of drug-likeness (QED) is 0.608. The van der Waals surface area contributed by atoms with Crippen LogP contribution in [0.3, 0.4) is 0 Å². The molecule has 142 valence electrons. The summed E-state index contributed by atoms with van der Waals surface area (Å²) in [5.74, 6) is 0.662. The van der Waals surface area contributed by atoms with Crippen LogP contribution in [0.15, 0.2) is 12.3 Å². The number of carbonyl (C=O) groups excluding carboxylic acids is 1. The third kappa shape index (κ3) is 3.47. The first-order valence-electron chi connectivity index (χ1n) is 9.29. The van der Waals surface area contributed by atoms with Gasteiger partial charge in [0.05, 0.1) is 24.2 Å². The van der Waals surface area contributed by atoms with Crippen molar-refractivity contribution in [2.45, 2.75) is 58.7 Å². The first-order valence-corrected chi connectivity index (χ1v) is 9.29. The van der Waals surface area contributed by atoms with Gasteiger partial charge in [-0.15, -0.1) is 0 Å². The van der Waals surface area contributed by atoms with E-state index in [-0.39, 0.29) is 23.1 Å². The lowest BCUT2D eigenvalue weighted by Gasteiger charge is -2.32. The molecule has 0 aliphatic carbocycles. The second kappa shape index (κ2) is 6.85. The van der Waals surface area contributed by atoms with E-state index >= 15 is 0 Å². The van der Waals surface area contributed by atoms with Crippen molar-refractivity contribution in [3.8, 4) is 0 Å². The molecule has 1 atom stereocenters. The number of nitrogens with zero attached hydrogens (tertiary/aromatic N) is 2. The molecular weight excluding hydrogens is 331 g/mol. The number of anilines is 1. The monoisotopic (exact) mass is 360 g/mol. The summed E-state index contributed by atoms with van der Waals surface area (Å²) in [7, 11) is 1.04. The lowest BCUT2D eigenvalue weighted by atomic mass is 9.77. The lowest BCUT2D eigenvalue weighted by Crippen LogP contribution is -2.41. The minimum atomic E-state index is -0.411. The van der Waals surface area contributed by atoms with Gasteiger partial charge < -0.3 is 18.9 Å². The first kappa shape index (κ1) is 19.2. The lowest BCUT2D eigenvalue weighted by molar-refractivity contribution is -0.145. The molecule has 2 fully saturated rings. The van der Waals surface area contributed by atoms with Crippen molar-refractivity contribution in [1.82, 2.24) is 4.98 Å². The number of pyridine rings is 1. The molecule has 0 aromatic carbocycles. The van der Waals surface area contributed by atoms with Crippen molar-refractivity contribution in [1.29, 1.82) is 0 Å². The molecule has 0 spiro atoms. The highest BCUT2D eigenvalue weighted by Crippen LogP contribution is 2.36. The summed E-state index contributed by atoms with van der Waals surface area (Å²) in [4.78, 5) is 18.7. The Morgan fingerprint density at radius 2 is 1.96 bits per heavy atom. The van der Waals surface area contributed by atoms with Crippen LogP contribution in [-0.4, -0.2) is 49.5 Å². The molecule has 0 N–H and O–H groups in total. The molecule has 1 aromatic rings. The van der Waals surface area contributed by atoms with E-state index in [1.165, 1.54) is 7.11 Å². The predicted octanol–water partition coefficient (Wildman–Crippen LogP) is 2.08. The van der Waals surface area contributed by atoms with Gasteiger partial charge in [0, 0.05) is 24.7 Å². The fraction of sp³-hybridized carbons (Fsp3) is 0.684. The maximum absolute atomic E-state index is 11.9. The molecule has 1 unspecified atom stereocenters. The Kier molecular flexibility index (Phi) is 5.05. The fourth-order valence-corrected chi connectivity index (χ4v) is 3.49. The third-order valence-corrected chi connectivity index (χ3v) is 5.92. The van der Waals surface area contributed by atoms with Crippen molar-refractivity contribution in [3.05, 3.63) is 17.8 Å². The highest BCUT2D eigenvalue weighted by atomic mass is 16.7. The van der Waals surface area contributed by atoms with Crippen molar-refractivity contribution in [2.75, 3.05) is 25.1 Å². The molecule has 3 heterocycles. The predicted molar refractivity (Wildman–Crippen MR) is 102 cm³/mol. The molecule has 6 nitrogen and oxygen atoms in total. The van der Waals surface area contributed by atoms with Crippen molar-refractivity contribution in [3.63, 3.8) is 0 Å². The van der Waals surface area contributed by atoms with E-state index < -0.39 is 7.12 Å². The maximum Gasteiger partial charge on any atom is 0.496 e. The highest BCUT2D eigenvalue weighted by molar-refractivity contribution is 6.62. The van der Waals surface area contributed by atoms with Crippen LogP contribution in [0.1, 0.15) is 46.1 Å². The summed E-state index contributed by atoms with van der Waals surface area (Å²) in [6.45, 7) is 11.8. The van der Waals surface area contributed by atoms with Gasteiger partial charge in [-0.1, -0.05) is 0 Å². The van der Waals surface area contributed by atoms with Crippen LogP contribution in [0.4, 0.5) is 5.82 Å². The summed E-state index contributed by atoms with van der Waals surface area (Å²) in [5.41, 5.74) is 1.29. The average molecular weight is 360 g/mol. The summed E-state index contributed by atoms with van der Waals surface area (Å²) in [6.07, 6.45) is 3.67. The van der Waals surface area contributed by atoms with Gasteiger partial charge >= 0.3 is 13.1 Å². The third-order valence-electron chi connectivity index (χ3n) is 5.92. The second-order valence-electron chi connectivity index (χ2n) is 8.30. The Morgan fingerprint density at radius 3 is 2.54 bits per heavy atom. The number of rotatable bonds is 3. The number of hydrogen-bond donors (Lipinski definition) is 0. The van der Waals surface area contributed by atoms with Crippen LogP contribution < -0.4 is 10.4 Å².